The Kier molecular flexibility index (Phi) is 4.26. The van der Waals surface area contributed by atoms with E-state index in [-0.39, 0.29) is 23.0 Å². The maximum absolute atomic E-state index is 12.8. The Hall–Kier alpha value is -2.33. The summed E-state index contributed by atoms with van der Waals surface area (Å²) >= 11 is 0. The quantitative estimate of drug-likeness (QED) is 0.746. The summed E-state index contributed by atoms with van der Waals surface area (Å²) < 4.78 is 5.73. The van der Waals surface area contributed by atoms with E-state index in [1.165, 1.54) is 5.39 Å². The van der Waals surface area contributed by atoms with Crippen molar-refractivity contribution in [1.29, 1.82) is 0 Å². The Balaban J connectivity index is 1.56. The molecule has 2 heterocycles. The van der Waals surface area contributed by atoms with E-state index in [1.54, 1.807) is 6.26 Å². The van der Waals surface area contributed by atoms with Crippen LogP contribution in [0.1, 0.15) is 46.1 Å². The fraction of sp³-hybridized carbons (Fsp3) is 0.435. The highest BCUT2D eigenvalue weighted by atomic mass is 16.3. The number of furan rings is 1. The molecule has 1 amide bonds. The van der Waals surface area contributed by atoms with Crippen LogP contribution < -0.4 is 10.6 Å². The maximum atomic E-state index is 12.8. The topological polar surface area (TPSA) is 58.9 Å². The van der Waals surface area contributed by atoms with Gasteiger partial charge in [0.25, 0.3) is 0 Å². The number of benzene rings is 2. The van der Waals surface area contributed by atoms with Crippen LogP contribution in [0.3, 0.4) is 0 Å². The van der Waals surface area contributed by atoms with Crippen molar-refractivity contribution in [1.82, 2.24) is 5.32 Å². The summed E-state index contributed by atoms with van der Waals surface area (Å²) in [5.41, 5.74) is 2.07. The van der Waals surface area contributed by atoms with Gasteiger partial charge in [-0.3, -0.25) is 4.79 Å². The number of quaternary nitrogens is 1. The number of nitrogens with one attached hydrogen (secondary N) is 1. The molecule has 4 nitrogen and oxygen atoms in total. The number of nitrogens with two attached hydrogens (primary N) is 1. The van der Waals surface area contributed by atoms with Crippen molar-refractivity contribution in [3.8, 4) is 0 Å². The molecule has 1 saturated heterocycles. The summed E-state index contributed by atoms with van der Waals surface area (Å²) in [4.78, 5) is 12.8. The SMILES string of the molecule is CC1(C)CC(NC(=O)Cc2coc3ccc4ccccc4c23)CC(C)(C)[NH2+]1. The van der Waals surface area contributed by atoms with E-state index in [0.717, 1.165) is 34.8 Å². The van der Waals surface area contributed by atoms with Crippen molar-refractivity contribution < 1.29 is 14.5 Å². The second kappa shape index (κ2) is 6.38. The van der Waals surface area contributed by atoms with Gasteiger partial charge in [0.1, 0.15) is 5.58 Å². The fourth-order valence-corrected chi connectivity index (χ4v) is 5.08. The molecule has 0 radical (unpaired) electrons. The molecule has 0 bridgehead atoms. The summed E-state index contributed by atoms with van der Waals surface area (Å²) in [6, 6.07) is 12.5. The molecule has 3 N–H and O–H groups in total. The van der Waals surface area contributed by atoms with E-state index < -0.39 is 0 Å². The molecule has 2 aromatic carbocycles. The molecular weight excluding hydrogens is 336 g/mol. The van der Waals surface area contributed by atoms with Crippen molar-refractivity contribution in [2.24, 2.45) is 0 Å². The third-order valence-electron chi connectivity index (χ3n) is 5.58. The molecule has 0 spiro atoms. The highest BCUT2D eigenvalue weighted by molar-refractivity contribution is 6.08. The molecule has 0 unspecified atom stereocenters. The molecule has 0 atom stereocenters. The largest absolute Gasteiger partial charge is 0.464 e. The Morgan fingerprint density at radius 3 is 2.56 bits per heavy atom. The van der Waals surface area contributed by atoms with Crippen LogP contribution >= 0.6 is 0 Å². The molecule has 0 aliphatic carbocycles. The first-order chi connectivity index (χ1) is 12.7. The minimum absolute atomic E-state index is 0.0733. The molecule has 1 aliphatic rings. The number of hydrogen-bond acceptors (Lipinski definition) is 2. The van der Waals surface area contributed by atoms with Gasteiger partial charge in [0.2, 0.25) is 5.91 Å². The standard InChI is InChI=1S/C23H28N2O2/c1-22(2)12-17(13-23(3,4)25-22)24-20(26)11-16-14-27-19-10-9-15-7-5-6-8-18(15)21(16)19/h5-10,14,17,25H,11-13H2,1-4H3,(H,24,26)/p+1. The molecule has 1 aliphatic heterocycles. The number of carbonyl (C=O) groups excluding carboxylic acids is 1. The van der Waals surface area contributed by atoms with Gasteiger partial charge in [0, 0.05) is 29.8 Å². The predicted molar refractivity (Wildman–Crippen MR) is 109 cm³/mol. The van der Waals surface area contributed by atoms with Gasteiger partial charge in [-0.2, -0.15) is 0 Å². The van der Waals surface area contributed by atoms with Gasteiger partial charge in [-0.05, 0) is 44.5 Å². The molecular formula is C23H29N2O2+. The van der Waals surface area contributed by atoms with Gasteiger partial charge in [0.15, 0.2) is 0 Å². The highest BCUT2D eigenvalue weighted by Crippen LogP contribution is 2.30. The second-order valence-corrected chi connectivity index (χ2v) is 9.39. The lowest BCUT2D eigenvalue weighted by Crippen LogP contribution is -3.06. The van der Waals surface area contributed by atoms with Gasteiger partial charge in [-0.15, -0.1) is 0 Å². The molecule has 1 aromatic heterocycles. The van der Waals surface area contributed by atoms with E-state index >= 15 is 0 Å². The van der Waals surface area contributed by atoms with Gasteiger partial charge >= 0.3 is 0 Å². The van der Waals surface area contributed by atoms with Crippen LogP contribution in [0.4, 0.5) is 0 Å². The lowest BCUT2D eigenvalue weighted by Gasteiger charge is -2.43. The number of amides is 1. The van der Waals surface area contributed by atoms with Crippen LogP contribution in [-0.2, 0) is 11.2 Å². The predicted octanol–water partition coefficient (Wildman–Crippen LogP) is 3.53. The van der Waals surface area contributed by atoms with E-state index in [4.69, 9.17) is 4.42 Å². The van der Waals surface area contributed by atoms with Crippen molar-refractivity contribution in [3.63, 3.8) is 0 Å². The summed E-state index contributed by atoms with van der Waals surface area (Å²) in [5.74, 6) is 0.0733. The first-order valence-corrected chi connectivity index (χ1v) is 9.77. The number of hydrogen-bond donors (Lipinski definition) is 2. The van der Waals surface area contributed by atoms with Gasteiger partial charge in [0.05, 0.1) is 23.8 Å². The lowest BCUT2D eigenvalue weighted by atomic mass is 9.79. The minimum atomic E-state index is 0.0733. The molecule has 142 valence electrons. The van der Waals surface area contributed by atoms with Crippen molar-refractivity contribution in [3.05, 3.63) is 48.2 Å². The Morgan fingerprint density at radius 1 is 1.11 bits per heavy atom. The van der Waals surface area contributed by atoms with Crippen LogP contribution in [0.25, 0.3) is 21.7 Å². The molecule has 0 saturated carbocycles. The number of rotatable bonds is 3. The van der Waals surface area contributed by atoms with E-state index in [0.29, 0.717) is 6.42 Å². The maximum Gasteiger partial charge on any atom is 0.224 e. The summed E-state index contributed by atoms with van der Waals surface area (Å²) in [6.07, 6.45) is 4.05. The lowest BCUT2D eigenvalue weighted by molar-refractivity contribution is -0.787. The zero-order valence-corrected chi connectivity index (χ0v) is 16.6. The molecule has 4 rings (SSSR count). The monoisotopic (exact) mass is 365 g/mol. The molecule has 1 fully saturated rings. The fourth-order valence-electron chi connectivity index (χ4n) is 5.08. The third kappa shape index (κ3) is 3.72. The average molecular weight is 365 g/mol. The van der Waals surface area contributed by atoms with Gasteiger partial charge in [-0.25, -0.2) is 0 Å². The number of fused-ring (bicyclic) bond motifs is 3. The Labute approximate surface area is 160 Å². The van der Waals surface area contributed by atoms with Crippen LogP contribution in [0.5, 0.6) is 0 Å². The summed E-state index contributed by atoms with van der Waals surface area (Å²) in [5, 5.41) is 9.07. The number of piperidine rings is 1. The molecule has 4 heteroatoms. The van der Waals surface area contributed by atoms with Crippen LogP contribution in [0.15, 0.2) is 47.1 Å². The van der Waals surface area contributed by atoms with E-state index in [1.807, 2.05) is 18.2 Å². The first kappa shape index (κ1) is 18.1. The molecule has 27 heavy (non-hydrogen) atoms. The average Bonchev–Trinajstić information content (AvgIpc) is 2.95. The molecule has 3 aromatic rings. The van der Waals surface area contributed by atoms with Crippen LogP contribution in [-0.4, -0.2) is 23.0 Å². The van der Waals surface area contributed by atoms with Crippen molar-refractivity contribution in [2.75, 3.05) is 0 Å². The second-order valence-electron chi connectivity index (χ2n) is 9.39. The zero-order chi connectivity index (χ0) is 19.2. The van der Waals surface area contributed by atoms with E-state index in [2.05, 4.69) is 56.5 Å². The Bertz CT molecular complexity index is 984. The van der Waals surface area contributed by atoms with Crippen molar-refractivity contribution >= 4 is 27.6 Å². The highest BCUT2D eigenvalue weighted by Gasteiger charge is 2.42. The van der Waals surface area contributed by atoms with Crippen molar-refractivity contribution in [2.45, 2.75) is 64.1 Å². The third-order valence-corrected chi connectivity index (χ3v) is 5.58. The van der Waals surface area contributed by atoms with Gasteiger partial charge < -0.3 is 15.1 Å². The van der Waals surface area contributed by atoms with Crippen LogP contribution in [0.2, 0.25) is 0 Å². The normalized spacial score (nSPS) is 19.4. The smallest absolute Gasteiger partial charge is 0.224 e. The Morgan fingerprint density at radius 2 is 1.81 bits per heavy atom. The summed E-state index contributed by atoms with van der Waals surface area (Å²) in [7, 11) is 0. The van der Waals surface area contributed by atoms with Crippen LogP contribution in [0, 0.1) is 0 Å². The van der Waals surface area contributed by atoms with E-state index in [9.17, 15) is 4.79 Å². The first-order valence-electron chi connectivity index (χ1n) is 9.77. The van der Waals surface area contributed by atoms with Gasteiger partial charge in [-0.1, -0.05) is 30.3 Å². The minimum Gasteiger partial charge on any atom is -0.464 e. The zero-order valence-electron chi connectivity index (χ0n) is 16.6. The number of carbonyl (C=O) groups is 1. The summed E-state index contributed by atoms with van der Waals surface area (Å²) in [6.45, 7) is 9.01.